The van der Waals surface area contributed by atoms with Gasteiger partial charge >= 0.3 is 0 Å². The van der Waals surface area contributed by atoms with Gasteiger partial charge in [-0.05, 0) is 25.0 Å². The van der Waals surface area contributed by atoms with Crippen molar-refractivity contribution in [2.24, 2.45) is 0 Å². The van der Waals surface area contributed by atoms with Crippen molar-refractivity contribution in [2.45, 2.75) is 31.6 Å². The Bertz CT molecular complexity index is 503. The number of ketones is 1. The highest BCUT2D eigenvalue weighted by atomic mass is 32.2. The third-order valence-electron chi connectivity index (χ3n) is 2.27. The minimum absolute atomic E-state index is 0.165. The fourth-order valence-corrected chi connectivity index (χ4v) is 2.27. The van der Waals surface area contributed by atoms with Crippen molar-refractivity contribution in [1.82, 2.24) is 0 Å². The number of carbonyl (C=O) groups is 1. The first-order chi connectivity index (χ1) is 7.36. The molecule has 0 aromatic heterocycles. The molecule has 5 heteroatoms. The molecule has 0 radical (unpaired) electrons. The zero-order valence-electron chi connectivity index (χ0n) is 9.23. The Hall–Kier alpha value is -1.20. The number of benzene rings is 1. The summed E-state index contributed by atoms with van der Waals surface area (Å²) in [6.07, 6.45) is 1.31. The Morgan fingerprint density at radius 3 is 2.44 bits per heavy atom. The van der Waals surface area contributed by atoms with E-state index in [-0.39, 0.29) is 16.2 Å². The van der Waals surface area contributed by atoms with Gasteiger partial charge in [-0.3, -0.25) is 9.35 Å². The molecule has 88 valence electrons. The average molecular weight is 242 g/mol. The van der Waals surface area contributed by atoms with Crippen molar-refractivity contribution in [1.29, 1.82) is 0 Å². The second kappa shape index (κ2) is 4.76. The van der Waals surface area contributed by atoms with Gasteiger partial charge in [-0.25, -0.2) is 0 Å². The summed E-state index contributed by atoms with van der Waals surface area (Å²) in [4.78, 5) is 11.0. The van der Waals surface area contributed by atoms with E-state index in [2.05, 4.69) is 0 Å². The van der Waals surface area contributed by atoms with E-state index in [9.17, 15) is 13.2 Å². The molecule has 0 saturated heterocycles. The van der Waals surface area contributed by atoms with Crippen LogP contribution < -0.4 is 0 Å². The van der Waals surface area contributed by atoms with Crippen molar-refractivity contribution in [3.8, 4) is 0 Å². The molecule has 1 aromatic rings. The molecular formula is C11H14O4S. The molecule has 1 rings (SSSR count). The monoisotopic (exact) mass is 242 g/mol. The van der Waals surface area contributed by atoms with Crippen LogP contribution in [0.2, 0.25) is 0 Å². The Morgan fingerprint density at radius 1 is 1.38 bits per heavy atom. The fourth-order valence-electron chi connectivity index (χ4n) is 1.49. The van der Waals surface area contributed by atoms with Crippen LogP contribution >= 0.6 is 0 Å². The van der Waals surface area contributed by atoms with Gasteiger partial charge in [-0.15, -0.1) is 0 Å². The maximum absolute atomic E-state index is 11.1. The zero-order valence-corrected chi connectivity index (χ0v) is 10.0. The van der Waals surface area contributed by atoms with E-state index in [4.69, 9.17) is 4.55 Å². The number of hydrogen-bond acceptors (Lipinski definition) is 3. The molecule has 4 nitrogen and oxygen atoms in total. The van der Waals surface area contributed by atoms with Gasteiger partial charge < -0.3 is 0 Å². The van der Waals surface area contributed by atoms with Crippen molar-refractivity contribution < 1.29 is 17.8 Å². The van der Waals surface area contributed by atoms with Crippen LogP contribution in [0, 0.1) is 0 Å². The molecule has 0 aliphatic carbocycles. The second-order valence-corrected chi connectivity index (χ2v) is 4.99. The third kappa shape index (κ3) is 2.90. The summed E-state index contributed by atoms with van der Waals surface area (Å²) in [5.41, 5.74) is 0.822. The molecule has 0 bridgehead atoms. The highest BCUT2D eigenvalue weighted by Gasteiger charge is 2.16. The SMILES string of the molecule is CCCc1ccc(C(C)=O)cc1S(=O)(=O)O. The van der Waals surface area contributed by atoms with Crippen LogP contribution in [0.25, 0.3) is 0 Å². The molecule has 1 aromatic carbocycles. The number of hydrogen-bond donors (Lipinski definition) is 1. The fraction of sp³-hybridized carbons (Fsp3) is 0.364. The van der Waals surface area contributed by atoms with E-state index in [0.717, 1.165) is 6.42 Å². The van der Waals surface area contributed by atoms with E-state index in [0.29, 0.717) is 12.0 Å². The maximum Gasteiger partial charge on any atom is 0.294 e. The molecule has 0 heterocycles. The first kappa shape index (κ1) is 12.9. The highest BCUT2D eigenvalue weighted by Crippen LogP contribution is 2.19. The summed E-state index contributed by atoms with van der Waals surface area (Å²) in [6, 6.07) is 4.37. The van der Waals surface area contributed by atoms with Crippen molar-refractivity contribution in [3.05, 3.63) is 29.3 Å². The molecule has 0 saturated carbocycles. The maximum atomic E-state index is 11.1. The van der Waals surface area contributed by atoms with Gasteiger partial charge in [-0.1, -0.05) is 25.5 Å². The summed E-state index contributed by atoms with van der Waals surface area (Å²) in [5.74, 6) is -0.229. The molecule has 0 aliphatic rings. The van der Waals surface area contributed by atoms with Crippen LogP contribution in [0.1, 0.15) is 36.2 Å². The van der Waals surface area contributed by atoms with Crippen LogP contribution in [0.15, 0.2) is 23.1 Å². The molecule has 0 atom stereocenters. The zero-order chi connectivity index (χ0) is 12.3. The normalized spacial score (nSPS) is 11.4. The van der Waals surface area contributed by atoms with E-state index < -0.39 is 10.1 Å². The molecule has 1 N–H and O–H groups in total. The smallest absolute Gasteiger partial charge is 0.294 e. The van der Waals surface area contributed by atoms with Crippen molar-refractivity contribution in [2.75, 3.05) is 0 Å². The topological polar surface area (TPSA) is 71.4 Å². The molecule has 0 amide bonds. The molecule has 0 aliphatic heterocycles. The summed E-state index contributed by atoms with van der Waals surface area (Å²) in [6.45, 7) is 3.26. The van der Waals surface area contributed by atoms with Crippen molar-refractivity contribution in [3.63, 3.8) is 0 Å². The van der Waals surface area contributed by atoms with Gasteiger partial charge in [0, 0.05) is 5.56 Å². The predicted octanol–water partition coefficient (Wildman–Crippen LogP) is 2.09. The lowest BCUT2D eigenvalue weighted by Crippen LogP contribution is -2.05. The minimum atomic E-state index is -4.26. The first-order valence-corrected chi connectivity index (χ1v) is 6.41. The minimum Gasteiger partial charge on any atom is -0.295 e. The Balaban J connectivity index is 3.39. The van der Waals surface area contributed by atoms with Gasteiger partial charge in [-0.2, -0.15) is 8.42 Å². The quantitative estimate of drug-likeness (QED) is 0.648. The van der Waals surface area contributed by atoms with Crippen LogP contribution in [-0.4, -0.2) is 18.8 Å². The highest BCUT2D eigenvalue weighted by molar-refractivity contribution is 7.85. The van der Waals surface area contributed by atoms with E-state index in [1.165, 1.54) is 13.0 Å². The molecule has 0 spiro atoms. The summed E-state index contributed by atoms with van der Waals surface area (Å²) in [7, 11) is -4.26. The Kier molecular flexibility index (Phi) is 3.83. The summed E-state index contributed by atoms with van der Waals surface area (Å²) in [5, 5.41) is 0. The average Bonchev–Trinajstić information content (AvgIpc) is 2.16. The van der Waals surface area contributed by atoms with Crippen LogP contribution in [0.3, 0.4) is 0 Å². The van der Waals surface area contributed by atoms with Gasteiger partial charge in [0.05, 0.1) is 4.90 Å². The summed E-state index contributed by atoms with van der Waals surface area (Å²) >= 11 is 0. The number of aryl methyl sites for hydroxylation is 1. The number of Topliss-reactive ketones (excluding diaryl/α,β-unsaturated/α-hetero) is 1. The lowest BCUT2D eigenvalue weighted by atomic mass is 10.1. The lowest BCUT2D eigenvalue weighted by molar-refractivity contribution is 0.101. The first-order valence-electron chi connectivity index (χ1n) is 4.97. The molecule has 0 fully saturated rings. The van der Waals surface area contributed by atoms with Crippen LogP contribution in [0.5, 0.6) is 0 Å². The van der Waals surface area contributed by atoms with Gasteiger partial charge in [0.2, 0.25) is 0 Å². The van der Waals surface area contributed by atoms with Gasteiger partial charge in [0.15, 0.2) is 5.78 Å². The summed E-state index contributed by atoms with van der Waals surface area (Å²) < 4.78 is 31.4. The number of carbonyl (C=O) groups excluding carboxylic acids is 1. The van der Waals surface area contributed by atoms with Crippen LogP contribution in [-0.2, 0) is 16.5 Å². The predicted molar refractivity (Wildman–Crippen MR) is 60.3 cm³/mol. The molecule has 0 unspecified atom stereocenters. The van der Waals surface area contributed by atoms with Crippen LogP contribution in [0.4, 0.5) is 0 Å². The largest absolute Gasteiger partial charge is 0.295 e. The van der Waals surface area contributed by atoms with Crippen molar-refractivity contribution >= 4 is 15.9 Å². The van der Waals surface area contributed by atoms with E-state index in [1.54, 1.807) is 12.1 Å². The third-order valence-corrected chi connectivity index (χ3v) is 3.21. The van der Waals surface area contributed by atoms with Gasteiger partial charge in [0.25, 0.3) is 10.1 Å². The number of rotatable bonds is 4. The standard InChI is InChI=1S/C11H14O4S/c1-3-4-9-5-6-10(8(2)12)7-11(9)16(13,14)15/h5-7H,3-4H2,1-2H3,(H,13,14,15). The van der Waals surface area contributed by atoms with E-state index in [1.807, 2.05) is 6.92 Å². The lowest BCUT2D eigenvalue weighted by Gasteiger charge is -2.07. The Morgan fingerprint density at radius 2 is 2.00 bits per heavy atom. The Labute approximate surface area is 95.0 Å². The molecular weight excluding hydrogens is 228 g/mol. The van der Waals surface area contributed by atoms with E-state index >= 15 is 0 Å². The molecule has 16 heavy (non-hydrogen) atoms. The van der Waals surface area contributed by atoms with Gasteiger partial charge in [0.1, 0.15) is 0 Å². The second-order valence-electron chi connectivity index (χ2n) is 3.60.